The van der Waals surface area contributed by atoms with E-state index in [2.05, 4.69) is 4.83 Å². The third kappa shape index (κ3) is 5.16. The number of nitrogens with zero attached hydrogens (tertiary/aromatic N) is 1. The van der Waals surface area contributed by atoms with Gasteiger partial charge in [0, 0.05) is 12.3 Å². The molecule has 4 heteroatoms. The summed E-state index contributed by atoms with van der Waals surface area (Å²) in [6, 6.07) is 0. The molecule has 1 saturated heterocycles. The Balaban J connectivity index is 2.22. The van der Waals surface area contributed by atoms with E-state index >= 15 is 0 Å². The van der Waals surface area contributed by atoms with Gasteiger partial charge in [0.25, 0.3) is 0 Å². The predicted octanol–water partition coefficient (Wildman–Crippen LogP) is 1.86. The molecule has 1 aliphatic rings. The summed E-state index contributed by atoms with van der Waals surface area (Å²) in [6.45, 7) is 0.788. The molecule has 1 aliphatic heterocycles. The van der Waals surface area contributed by atoms with Crippen LogP contribution in [0.1, 0.15) is 38.5 Å². The Hall–Kier alpha value is -0.220. The molecule has 1 radical (unpaired) electrons. The van der Waals surface area contributed by atoms with Gasteiger partial charge in [0.1, 0.15) is 0 Å². The molecule has 1 heterocycles. The van der Waals surface area contributed by atoms with E-state index in [1.807, 2.05) is 6.41 Å². The molecule has 1 N–H and O–H groups in total. The second-order valence-electron chi connectivity index (χ2n) is 3.30. The number of rotatable bonds is 1. The summed E-state index contributed by atoms with van der Waals surface area (Å²) in [5, 5.41) is 1.52. The highest BCUT2D eigenvalue weighted by atomic mass is 32.2. The van der Waals surface area contributed by atoms with Crippen LogP contribution in [0, 0.1) is 0 Å². The van der Waals surface area contributed by atoms with Crippen molar-refractivity contribution in [2.45, 2.75) is 38.5 Å². The molecule has 1 rings (SSSR count). The van der Waals surface area contributed by atoms with Crippen molar-refractivity contribution < 1.29 is 4.79 Å². The topological polar surface area (TPSA) is 32.3 Å². The molecule has 75 valence electrons. The summed E-state index contributed by atoms with van der Waals surface area (Å²) >= 11 is 1.61. The Morgan fingerprint density at radius 3 is 2.54 bits per heavy atom. The first-order chi connectivity index (χ1) is 6.43. The Labute approximate surface area is 84.4 Å². The third-order valence-electron chi connectivity index (χ3n) is 2.16. The minimum atomic E-state index is 0.788. The highest BCUT2D eigenvalue weighted by molar-refractivity contribution is 7.97. The SMILES string of the molecule is O=[C]N1CCCCCCCCSN1. The van der Waals surface area contributed by atoms with E-state index in [0.29, 0.717) is 0 Å². The smallest absolute Gasteiger partial charge is 0.262 e. The molecule has 0 unspecified atom stereocenters. The minimum Gasteiger partial charge on any atom is -0.262 e. The maximum Gasteiger partial charge on any atom is 0.328 e. The van der Waals surface area contributed by atoms with Crippen LogP contribution >= 0.6 is 11.9 Å². The van der Waals surface area contributed by atoms with E-state index in [1.54, 1.807) is 11.9 Å². The van der Waals surface area contributed by atoms with Gasteiger partial charge in [0.05, 0.1) is 0 Å². The average Bonchev–Trinajstić information content (AvgIpc) is 2.22. The molecule has 0 aromatic carbocycles. The standard InChI is InChI=1S/C9H17N2OS/c12-9-11-7-5-3-1-2-4-6-8-13-10-11/h10H,1-8H2. The zero-order valence-corrected chi connectivity index (χ0v) is 8.74. The number of hydrazine groups is 1. The van der Waals surface area contributed by atoms with Crippen LogP contribution in [-0.2, 0) is 4.79 Å². The van der Waals surface area contributed by atoms with Gasteiger partial charge in [-0.3, -0.25) is 9.80 Å². The molecule has 0 aliphatic carbocycles. The molecular weight excluding hydrogens is 184 g/mol. The highest BCUT2D eigenvalue weighted by Crippen LogP contribution is 2.10. The lowest BCUT2D eigenvalue weighted by Crippen LogP contribution is -2.32. The normalized spacial score (nSPS) is 22.0. The summed E-state index contributed by atoms with van der Waals surface area (Å²) < 4.78 is 0. The molecule has 13 heavy (non-hydrogen) atoms. The lowest BCUT2D eigenvalue weighted by molar-refractivity contribution is 0.351. The van der Waals surface area contributed by atoms with Gasteiger partial charge in [-0.15, -0.1) is 0 Å². The van der Waals surface area contributed by atoms with E-state index in [-0.39, 0.29) is 0 Å². The van der Waals surface area contributed by atoms with Gasteiger partial charge in [-0.05, 0) is 12.8 Å². The molecule has 0 aromatic rings. The van der Waals surface area contributed by atoms with Crippen molar-refractivity contribution in [3.63, 3.8) is 0 Å². The van der Waals surface area contributed by atoms with Crippen LogP contribution in [0.25, 0.3) is 0 Å². The quantitative estimate of drug-likeness (QED) is 0.657. The first kappa shape index (κ1) is 10.9. The first-order valence-electron chi connectivity index (χ1n) is 4.96. The number of amides is 1. The van der Waals surface area contributed by atoms with Crippen LogP contribution in [0.2, 0.25) is 0 Å². The molecule has 0 bridgehead atoms. The fourth-order valence-corrected chi connectivity index (χ4v) is 2.11. The van der Waals surface area contributed by atoms with Crippen molar-refractivity contribution in [1.29, 1.82) is 0 Å². The molecule has 0 saturated carbocycles. The van der Waals surface area contributed by atoms with Crippen molar-refractivity contribution in [3.8, 4) is 0 Å². The summed E-state index contributed by atoms with van der Waals surface area (Å²) in [5.74, 6) is 1.08. The lowest BCUT2D eigenvalue weighted by atomic mass is 10.1. The monoisotopic (exact) mass is 201 g/mol. The van der Waals surface area contributed by atoms with Crippen LogP contribution in [0.3, 0.4) is 0 Å². The number of hydrogen-bond donors (Lipinski definition) is 1. The average molecular weight is 201 g/mol. The Morgan fingerprint density at radius 2 is 1.77 bits per heavy atom. The summed E-state index contributed by atoms with van der Waals surface area (Å²) in [4.78, 5) is 13.4. The van der Waals surface area contributed by atoms with Crippen molar-refractivity contribution >= 4 is 18.4 Å². The Bertz CT molecular complexity index is 132. The largest absolute Gasteiger partial charge is 0.328 e. The van der Waals surface area contributed by atoms with E-state index < -0.39 is 0 Å². The van der Waals surface area contributed by atoms with Gasteiger partial charge in [0.15, 0.2) is 0 Å². The van der Waals surface area contributed by atoms with Gasteiger partial charge >= 0.3 is 6.41 Å². The molecule has 0 aromatic heterocycles. The number of nitrogens with one attached hydrogen (secondary N) is 1. The van der Waals surface area contributed by atoms with Crippen molar-refractivity contribution in [1.82, 2.24) is 9.84 Å². The predicted molar refractivity (Wildman–Crippen MR) is 55.7 cm³/mol. The second kappa shape index (κ2) is 7.21. The molecule has 3 nitrogen and oxygen atoms in total. The van der Waals surface area contributed by atoms with Crippen LogP contribution in [0.5, 0.6) is 0 Å². The van der Waals surface area contributed by atoms with Crippen LogP contribution in [-0.4, -0.2) is 23.7 Å². The Kier molecular flexibility index (Phi) is 6.02. The Morgan fingerprint density at radius 1 is 1.08 bits per heavy atom. The zero-order chi connectivity index (χ0) is 9.36. The summed E-state index contributed by atoms with van der Waals surface area (Å²) in [7, 11) is 0. The molecule has 1 fully saturated rings. The third-order valence-corrected chi connectivity index (χ3v) is 3.01. The highest BCUT2D eigenvalue weighted by Gasteiger charge is 2.03. The fourth-order valence-electron chi connectivity index (χ4n) is 1.38. The first-order valence-corrected chi connectivity index (χ1v) is 5.95. The van der Waals surface area contributed by atoms with Gasteiger partial charge in [-0.1, -0.05) is 37.6 Å². The van der Waals surface area contributed by atoms with E-state index in [9.17, 15) is 4.79 Å². The summed E-state index contributed by atoms with van der Waals surface area (Å²) in [6.07, 6.45) is 9.41. The molecular formula is C9H17N2OS. The fraction of sp³-hybridized carbons (Fsp3) is 0.889. The van der Waals surface area contributed by atoms with Crippen LogP contribution in [0.15, 0.2) is 0 Å². The van der Waals surface area contributed by atoms with Crippen LogP contribution in [0.4, 0.5) is 0 Å². The van der Waals surface area contributed by atoms with Gasteiger partial charge < -0.3 is 0 Å². The van der Waals surface area contributed by atoms with Gasteiger partial charge in [-0.2, -0.15) is 4.83 Å². The number of hydrogen-bond acceptors (Lipinski definition) is 3. The maximum atomic E-state index is 10.4. The van der Waals surface area contributed by atoms with E-state index in [4.69, 9.17) is 0 Å². The lowest BCUT2D eigenvalue weighted by Gasteiger charge is -2.15. The van der Waals surface area contributed by atoms with Gasteiger partial charge in [0.2, 0.25) is 0 Å². The van der Waals surface area contributed by atoms with Crippen molar-refractivity contribution in [3.05, 3.63) is 0 Å². The van der Waals surface area contributed by atoms with Crippen molar-refractivity contribution in [2.24, 2.45) is 0 Å². The summed E-state index contributed by atoms with van der Waals surface area (Å²) in [5.41, 5.74) is 0. The van der Waals surface area contributed by atoms with E-state index in [0.717, 1.165) is 18.7 Å². The molecule has 1 amide bonds. The molecule has 0 atom stereocenters. The van der Waals surface area contributed by atoms with E-state index in [1.165, 1.54) is 37.1 Å². The second-order valence-corrected chi connectivity index (χ2v) is 4.18. The minimum absolute atomic E-state index is 0.788. The number of carbonyl (C=O) groups excluding carboxylic acids is 1. The van der Waals surface area contributed by atoms with Crippen molar-refractivity contribution in [2.75, 3.05) is 12.3 Å². The zero-order valence-electron chi connectivity index (χ0n) is 7.92. The van der Waals surface area contributed by atoms with Gasteiger partial charge in [-0.25, -0.2) is 0 Å². The van der Waals surface area contributed by atoms with Crippen LogP contribution < -0.4 is 4.83 Å². The molecule has 0 spiro atoms. The maximum absolute atomic E-state index is 10.4.